The van der Waals surface area contributed by atoms with Crippen molar-refractivity contribution in [2.24, 2.45) is 5.92 Å². The van der Waals surface area contributed by atoms with Crippen molar-refractivity contribution in [3.05, 3.63) is 59.4 Å². The molecule has 1 aliphatic rings. The molecule has 0 spiro atoms. The highest BCUT2D eigenvalue weighted by Crippen LogP contribution is 2.18. The van der Waals surface area contributed by atoms with Crippen LogP contribution in [0.5, 0.6) is 0 Å². The van der Waals surface area contributed by atoms with Gasteiger partial charge in [-0.2, -0.15) is 5.10 Å². The van der Waals surface area contributed by atoms with E-state index in [1.165, 1.54) is 5.56 Å². The molecule has 1 aliphatic carbocycles. The highest BCUT2D eigenvalue weighted by Gasteiger charge is 2.21. The summed E-state index contributed by atoms with van der Waals surface area (Å²) in [6.07, 6.45) is 4.61. The number of benzene rings is 1. The second-order valence-corrected chi connectivity index (χ2v) is 6.06. The van der Waals surface area contributed by atoms with Crippen molar-refractivity contribution < 1.29 is 9.90 Å². The molecule has 0 unspecified atom stereocenters. The molecule has 2 aromatic rings. The minimum absolute atomic E-state index is 0.0375. The Bertz CT molecular complexity index is 731. The predicted octanol–water partition coefficient (Wildman–Crippen LogP) is 2.16. The van der Waals surface area contributed by atoms with Gasteiger partial charge in [-0.1, -0.05) is 29.8 Å². The lowest BCUT2D eigenvalue weighted by molar-refractivity contribution is 0.0935. The van der Waals surface area contributed by atoms with Crippen molar-refractivity contribution in [2.45, 2.75) is 26.3 Å². The number of aryl methyl sites for hydroxylation is 2. The van der Waals surface area contributed by atoms with Crippen molar-refractivity contribution in [3.8, 4) is 5.69 Å². The Balaban J connectivity index is 1.74. The molecule has 1 heterocycles. The number of rotatable bonds is 4. The number of nitrogens with one attached hydrogen (secondary N) is 1. The standard InChI is InChI=1S/C18H21N3O2/c1-12-3-7-16(8-4-12)21-13(2)9-17(20-21)18(23)19-15-6-5-14(10-15)11-22/h3-9,14-15,22H,10-11H2,1-2H3,(H,19,23)/t14-,15+/m0/s1. The van der Waals surface area contributed by atoms with Crippen LogP contribution in [-0.2, 0) is 0 Å². The van der Waals surface area contributed by atoms with Gasteiger partial charge in [0.05, 0.1) is 5.69 Å². The van der Waals surface area contributed by atoms with E-state index in [1.54, 1.807) is 10.7 Å². The number of aromatic nitrogens is 2. The van der Waals surface area contributed by atoms with Crippen LogP contribution < -0.4 is 5.32 Å². The molecular weight excluding hydrogens is 290 g/mol. The highest BCUT2D eigenvalue weighted by molar-refractivity contribution is 5.92. The van der Waals surface area contributed by atoms with Gasteiger partial charge in [0, 0.05) is 24.3 Å². The number of carbonyl (C=O) groups is 1. The Morgan fingerprint density at radius 3 is 2.70 bits per heavy atom. The van der Waals surface area contributed by atoms with Crippen LogP contribution in [0.25, 0.3) is 5.69 Å². The first-order valence-electron chi connectivity index (χ1n) is 7.80. The van der Waals surface area contributed by atoms with Gasteiger partial charge < -0.3 is 10.4 Å². The number of carbonyl (C=O) groups excluding carboxylic acids is 1. The summed E-state index contributed by atoms with van der Waals surface area (Å²) in [5.74, 6) is -0.0562. The maximum Gasteiger partial charge on any atom is 0.272 e. The maximum atomic E-state index is 12.4. The van der Waals surface area contributed by atoms with Crippen LogP contribution in [0, 0.1) is 19.8 Å². The molecule has 0 radical (unpaired) electrons. The number of nitrogens with zero attached hydrogens (tertiary/aromatic N) is 2. The van der Waals surface area contributed by atoms with Crippen molar-refractivity contribution in [3.63, 3.8) is 0 Å². The molecular formula is C18H21N3O2. The van der Waals surface area contributed by atoms with E-state index in [4.69, 9.17) is 5.11 Å². The van der Waals surface area contributed by atoms with E-state index in [-0.39, 0.29) is 24.5 Å². The lowest BCUT2D eigenvalue weighted by Gasteiger charge is -2.11. The lowest BCUT2D eigenvalue weighted by atomic mass is 10.1. The number of aliphatic hydroxyl groups excluding tert-OH is 1. The molecule has 0 saturated carbocycles. The molecule has 0 bridgehead atoms. The fraction of sp³-hybridized carbons (Fsp3) is 0.333. The zero-order chi connectivity index (χ0) is 16.4. The van der Waals surface area contributed by atoms with E-state index >= 15 is 0 Å². The summed E-state index contributed by atoms with van der Waals surface area (Å²) in [5.41, 5.74) is 3.44. The third-order valence-corrected chi connectivity index (χ3v) is 4.12. The summed E-state index contributed by atoms with van der Waals surface area (Å²) in [5, 5.41) is 16.5. The number of amides is 1. The Morgan fingerprint density at radius 1 is 1.30 bits per heavy atom. The van der Waals surface area contributed by atoms with Gasteiger partial charge in [0.15, 0.2) is 5.69 Å². The van der Waals surface area contributed by atoms with Crippen LogP contribution in [0.15, 0.2) is 42.5 Å². The zero-order valence-electron chi connectivity index (χ0n) is 13.4. The van der Waals surface area contributed by atoms with Gasteiger partial charge in [-0.3, -0.25) is 4.79 Å². The van der Waals surface area contributed by atoms with Gasteiger partial charge >= 0.3 is 0 Å². The number of hydrogen-bond donors (Lipinski definition) is 2. The topological polar surface area (TPSA) is 67.2 Å². The van der Waals surface area contributed by atoms with Crippen molar-refractivity contribution >= 4 is 5.91 Å². The first-order valence-corrected chi connectivity index (χ1v) is 7.80. The molecule has 120 valence electrons. The van der Waals surface area contributed by atoms with Crippen LogP contribution in [0.2, 0.25) is 0 Å². The van der Waals surface area contributed by atoms with E-state index in [9.17, 15) is 4.79 Å². The second-order valence-electron chi connectivity index (χ2n) is 6.06. The second kappa shape index (κ2) is 6.38. The Kier molecular flexibility index (Phi) is 4.30. The summed E-state index contributed by atoms with van der Waals surface area (Å²) >= 11 is 0. The minimum atomic E-state index is -0.188. The van der Waals surface area contributed by atoms with Gasteiger partial charge in [0.25, 0.3) is 5.91 Å². The molecule has 5 nitrogen and oxygen atoms in total. The highest BCUT2D eigenvalue weighted by atomic mass is 16.3. The third kappa shape index (κ3) is 3.35. The van der Waals surface area contributed by atoms with Crippen LogP contribution in [0.4, 0.5) is 0 Å². The molecule has 23 heavy (non-hydrogen) atoms. The van der Waals surface area contributed by atoms with Crippen LogP contribution in [-0.4, -0.2) is 33.4 Å². The molecule has 1 aromatic carbocycles. The van der Waals surface area contributed by atoms with Crippen molar-refractivity contribution in [2.75, 3.05) is 6.61 Å². The molecule has 1 amide bonds. The first-order chi connectivity index (χ1) is 11.1. The van der Waals surface area contributed by atoms with E-state index in [1.807, 2.05) is 50.3 Å². The molecule has 0 fully saturated rings. The number of aliphatic hydroxyl groups is 1. The SMILES string of the molecule is Cc1ccc(-n2nc(C(=O)N[C@@H]3C=C[C@H](CO)C3)cc2C)cc1. The maximum absolute atomic E-state index is 12.4. The Hall–Kier alpha value is -2.40. The summed E-state index contributed by atoms with van der Waals surface area (Å²) in [4.78, 5) is 12.4. The quantitative estimate of drug-likeness (QED) is 0.850. The van der Waals surface area contributed by atoms with Crippen LogP contribution in [0.3, 0.4) is 0 Å². The van der Waals surface area contributed by atoms with Gasteiger partial charge in [-0.05, 0) is 38.5 Å². The average molecular weight is 311 g/mol. The van der Waals surface area contributed by atoms with E-state index in [0.717, 1.165) is 17.8 Å². The Morgan fingerprint density at radius 2 is 2.04 bits per heavy atom. The Labute approximate surface area is 135 Å². The van der Waals surface area contributed by atoms with Crippen LogP contribution in [0.1, 0.15) is 28.2 Å². The van der Waals surface area contributed by atoms with Gasteiger partial charge in [0.1, 0.15) is 0 Å². The molecule has 5 heteroatoms. The predicted molar refractivity (Wildman–Crippen MR) is 88.6 cm³/mol. The summed E-state index contributed by atoms with van der Waals surface area (Å²) < 4.78 is 1.77. The van der Waals surface area contributed by atoms with Gasteiger partial charge in [0.2, 0.25) is 0 Å². The normalized spacial score (nSPS) is 20.0. The smallest absolute Gasteiger partial charge is 0.272 e. The average Bonchev–Trinajstić information content (AvgIpc) is 3.15. The van der Waals surface area contributed by atoms with E-state index in [2.05, 4.69) is 10.4 Å². The molecule has 0 aliphatic heterocycles. The summed E-state index contributed by atoms with van der Waals surface area (Å²) in [7, 11) is 0. The fourth-order valence-corrected chi connectivity index (χ4v) is 2.79. The molecule has 2 atom stereocenters. The molecule has 1 aromatic heterocycles. The zero-order valence-corrected chi connectivity index (χ0v) is 13.4. The minimum Gasteiger partial charge on any atom is -0.396 e. The van der Waals surface area contributed by atoms with E-state index in [0.29, 0.717) is 5.69 Å². The summed E-state index contributed by atoms with van der Waals surface area (Å²) in [6.45, 7) is 4.08. The fourth-order valence-electron chi connectivity index (χ4n) is 2.79. The van der Waals surface area contributed by atoms with Gasteiger partial charge in [-0.15, -0.1) is 0 Å². The molecule has 0 saturated heterocycles. The van der Waals surface area contributed by atoms with Crippen LogP contribution >= 0.6 is 0 Å². The molecule has 3 rings (SSSR count). The van der Waals surface area contributed by atoms with Gasteiger partial charge in [-0.25, -0.2) is 4.68 Å². The van der Waals surface area contributed by atoms with Crippen molar-refractivity contribution in [1.29, 1.82) is 0 Å². The summed E-state index contributed by atoms with van der Waals surface area (Å²) in [6, 6.07) is 9.77. The molecule has 2 N–H and O–H groups in total. The largest absolute Gasteiger partial charge is 0.396 e. The third-order valence-electron chi connectivity index (χ3n) is 4.12. The lowest BCUT2D eigenvalue weighted by Crippen LogP contribution is -2.33. The monoisotopic (exact) mass is 311 g/mol. The van der Waals surface area contributed by atoms with E-state index < -0.39 is 0 Å². The van der Waals surface area contributed by atoms with Crippen molar-refractivity contribution in [1.82, 2.24) is 15.1 Å². The number of hydrogen-bond acceptors (Lipinski definition) is 3. The first kappa shape index (κ1) is 15.5.